The SMILES string of the molecule is O=C(NC1c2ccccc2CC1Br)c1ccoc1. The van der Waals surface area contributed by atoms with Crippen molar-refractivity contribution in [3.8, 4) is 0 Å². The van der Waals surface area contributed by atoms with Gasteiger partial charge >= 0.3 is 0 Å². The Morgan fingerprint density at radius 3 is 2.94 bits per heavy atom. The van der Waals surface area contributed by atoms with Gasteiger partial charge in [0.15, 0.2) is 0 Å². The Morgan fingerprint density at radius 1 is 1.33 bits per heavy atom. The van der Waals surface area contributed by atoms with Crippen molar-refractivity contribution in [2.75, 3.05) is 0 Å². The lowest BCUT2D eigenvalue weighted by molar-refractivity contribution is 0.0937. The maximum absolute atomic E-state index is 12.0. The number of nitrogens with one attached hydrogen (secondary N) is 1. The third-order valence-corrected chi connectivity index (χ3v) is 4.09. The van der Waals surface area contributed by atoms with Crippen molar-refractivity contribution in [2.45, 2.75) is 17.3 Å². The Morgan fingerprint density at radius 2 is 2.17 bits per heavy atom. The highest BCUT2D eigenvalue weighted by atomic mass is 79.9. The van der Waals surface area contributed by atoms with E-state index in [4.69, 9.17) is 4.42 Å². The van der Waals surface area contributed by atoms with Gasteiger partial charge in [0.2, 0.25) is 0 Å². The minimum Gasteiger partial charge on any atom is -0.472 e. The summed E-state index contributed by atoms with van der Waals surface area (Å²) in [6.07, 6.45) is 3.90. The Hall–Kier alpha value is -1.55. The number of hydrogen-bond acceptors (Lipinski definition) is 2. The van der Waals surface area contributed by atoms with E-state index in [0.717, 1.165) is 6.42 Å². The fourth-order valence-corrected chi connectivity index (χ4v) is 3.10. The number of furan rings is 1. The Balaban J connectivity index is 1.83. The molecule has 1 aliphatic rings. The number of benzene rings is 1. The minimum absolute atomic E-state index is 0.0172. The first-order chi connectivity index (χ1) is 8.75. The monoisotopic (exact) mass is 305 g/mol. The van der Waals surface area contributed by atoms with Gasteiger partial charge in [0.1, 0.15) is 6.26 Å². The number of rotatable bonds is 2. The van der Waals surface area contributed by atoms with Crippen LogP contribution in [0.2, 0.25) is 0 Å². The van der Waals surface area contributed by atoms with E-state index in [9.17, 15) is 4.79 Å². The highest BCUT2D eigenvalue weighted by Crippen LogP contribution is 2.35. The first kappa shape index (κ1) is 11.5. The molecule has 3 rings (SSSR count). The molecule has 18 heavy (non-hydrogen) atoms. The van der Waals surface area contributed by atoms with E-state index in [-0.39, 0.29) is 16.8 Å². The zero-order chi connectivity index (χ0) is 12.5. The molecule has 1 amide bonds. The van der Waals surface area contributed by atoms with Gasteiger partial charge in [-0.2, -0.15) is 0 Å². The standard InChI is InChI=1S/C14H12BrNO2/c15-12-7-9-3-1-2-4-11(9)13(12)16-14(17)10-5-6-18-8-10/h1-6,8,12-13H,7H2,(H,16,17). The van der Waals surface area contributed by atoms with Gasteiger partial charge in [0.05, 0.1) is 17.9 Å². The van der Waals surface area contributed by atoms with Gasteiger partial charge < -0.3 is 9.73 Å². The zero-order valence-corrected chi connectivity index (χ0v) is 11.2. The van der Waals surface area contributed by atoms with Crippen LogP contribution < -0.4 is 5.32 Å². The topological polar surface area (TPSA) is 42.2 Å². The zero-order valence-electron chi connectivity index (χ0n) is 9.60. The second-order valence-electron chi connectivity index (χ2n) is 4.38. The van der Waals surface area contributed by atoms with E-state index in [0.29, 0.717) is 5.56 Å². The molecule has 1 heterocycles. The van der Waals surface area contributed by atoms with Crippen LogP contribution in [0.3, 0.4) is 0 Å². The van der Waals surface area contributed by atoms with Crippen molar-refractivity contribution in [1.82, 2.24) is 5.32 Å². The third-order valence-electron chi connectivity index (χ3n) is 3.24. The average Bonchev–Trinajstić information content (AvgIpc) is 2.98. The number of alkyl halides is 1. The van der Waals surface area contributed by atoms with Gasteiger partial charge in [0, 0.05) is 4.83 Å². The van der Waals surface area contributed by atoms with Crippen LogP contribution >= 0.6 is 15.9 Å². The molecule has 1 aromatic carbocycles. The van der Waals surface area contributed by atoms with E-state index < -0.39 is 0 Å². The molecule has 0 saturated heterocycles. The molecule has 0 spiro atoms. The minimum atomic E-state index is -0.102. The van der Waals surface area contributed by atoms with Crippen molar-refractivity contribution in [3.05, 3.63) is 59.5 Å². The first-order valence-electron chi connectivity index (χ1n) is 5.80. The molecule has 0 radical (unpaired) electrons. The van der Waals surface area contributed by atoms with E-state index in [2.05, 4.69) is 33.4 Å². The van der Waals surface area contributed by atoms with Crippen LogP contribution in [0.4, 0.5) is 0 Å². The highest BCUT2D eigenvalue weighted by molar-refractivity contribution is 9.09. The molecule has 0 aliphatic heterocycles. The van der Waals surface area contributed by atoms with Crippen LogP contribution in [0.15, 0.2) is 47.3 Å². The highest BCUT2D eigenvalue weighted by Gasteiger charge is 2.31. The van der Waals surface area contributed by atoms with Crippen LogP contribution in [0.25, 0.3) is 0 Å². The summed E-state index contributed by atoms with van der Waals surface area (Å²) in [5, 5.41) is 3.04. The Kier molecular flexibility index (Phi) is 2.96. The fraction of sp³-hybridized carbons (Fsp3) is 0.214. The number of fused-ring (bicyclic) bond motifs is 1. The first-order valence-corrected chi connectivity index (χ1v) is 6.72. The fourth-order valence-electron chi connectivity index (χ4n) is 2.33. The van der Waals surface area contributed by atoms with Crippen molar-refractivity contribution in [2.24, 2.45) is 0 Å². The molecule has 1 aliphatic carbocycles. The molecule has 2 atom stereocenters. The summed E-state index contributed by atoms with van der Waals surface area (Å²) in [4.78, 5) is 12.3. The van der Waals surface area contributed by atoms with E-state index >= 15 is 0 Å². The maximum Gasteiger partial charge on any atom is 0.255 e. The molecule has 0 saturated carbocycles. The summed E-state index contributed by atoms with van der Waals surface area (Å²) in [5.74, 6) is -0.102. The van der Waals surface area contributed by atoms with Gasteiger partial charge in [-0.3, -0.25) is 4.79 Å². The molecule has 2 unspecified atom stereocenters. The molecule has 0 fully saturated rings. The van der Waals surface area contributed by atoms with Gasteiger partial charge in [-0.1, -0.05) is 40.2 Å². The van der Waals surface area contributed by atoms with Gasteiger partial charge in [-0.25, -0.2) is 0 Å². The largest absolute Gasteiger partial charge is 0.472 e. The normalized spacial score (nSPS) is 21.6. The molecule has 0 bridgehead atoms. The van der Waals surface area contributed by atoms with E-state index in [1.165, 1.54) is 23.7 Å². The second kappa shape index (κ2) is 4.61. The second-order valence-corrected chi connectivity index (χ2v) is 5.56. The predicted octanol–water partition coefficient (Wildman–Crippen LogP) is 3.07. The Labute approximate surface area is 113 Å². The molecule has 3 nitrogen and oxygen atoms in total. The molecular formula is C14H12BrNO2. The molecule has 4 heteroatoms. The number of amides is 1. The number of carbonyl (C=O) groups excluding carboxylic acids is 1. The van der Waals surface area contributed by atoms with E-state index in [1.54, 1.807) is 6.07 Å². The van der Waals surface area contributed by atoms with Gasteiger partial charge in [-0.05, 0) is 23.6 Å². The smallest absolute Gasteiger partial charge is 0.255 e. The lowest BCUT2D eigenvalue weighted by atomic mass is 10.1. The molecule has 2 aromatic rings. The summed E-state index contributed by atoms with van der Waals surface area (Å²) in [6.45, 7) is 0. The molecule has 1 aromatic heterocycles. The van der Waals surface area contributed by atoms with Crippen LogP contribution in [0.5, 0.6) is 0 Å². The molecule has 1 N–H and O–H groups in total. The number of halogens is 1. The maximum atomic E-state index is 12.0. The Bertz CT molecular complexity index is 565. The van der Waals surface area contributed by atoms with Gasteiger partial charge in [0.25, 0.3) is 5.91 Å². The summed E-state index contributed by atoms with van der Waals surface area (Å²) in [7, 11) is 0. The van der Waals surface area contributed by atoms with E-state index in [1.807, 2.05) is 12.1 Å². The summed E-state index contributed by atoms with van der Waals surface area (Å²) in [5.41, 5.74) is 3.03. The predicted molar refractivity (Wildman–Crippen MR) is 71.8 cm³/mol. The molecular weight excluding hydrogens is 294 g/mol. The summed E-state index contributed by atoms with van der Waals surface area (Å²) < 4.78 is 4.92. The molecule has 92 valence electrons. The average molecular weight is 306 g/mol. The van der Waals surface area contributed by atoms with Crippen molar-refractivity contribution in [1.29, 1.82) is 0 Å². The third kappa shape index (κ3) is 1.97. The van der Waals surface area contributed by atoms with Gasteiger partial charge in [-0.15, -0.1) is 0 Å². The lowest BCUT2D eigenvalue weighted by Crippen LogP contribution is -2.31. The van der Waals surface area contributed by atoms with Crippen LogP contribution in [0, 0.1) is 0 Å². The van der Waals surface area contributed by atoms with Crippen molar-refractivity contribution in [3.63, 3.8) is 0 Å². The lowest BCUT2D eigenvalue weighted by Gasteiger charge is -2.17. The van der Waals surface area contributed by atoms with Crippen molar-refractivity contribution < 1.29 is 9.21 Å². The van der Waals surface area contributed by atoms with Crippen molar-refractivity contribution >= 4 is 21.8 Å². The number of carbonyl (C=O) groups is 1. The van der Waals surface area contributed by atoms with Crippen LogP contribution in [0.1, 0.15) is 27.5 Å². The van der Waals surface area contributed by atoms with Crippen LogP contribution in [-0.4, -0.2) is 10.7 Å². The quantitative estimate of drug-likeness (QED) is 0.867. The number of hydrogen-bond donors (Lipinski definition) is 1. The van der Waals surface area contributed by atoms with Crippen LogP contribution in [-0.2, 0) is 6.42 Å². The summed E-state index contributed by atoms with van der Waals surface area (Å²) >= 11 is 3.64. The summed E-state index contributed by atoms with van der Waals surface area (Å²) in [6, 6.07) is 9.88.